The van der Waals surface area contributed by atoms with E-state index in [4.69, 9.17) is 21.1 Å². The highest BCUT2D eigenvalue weighted by molar-refractivity contribution is 6.31. The van der Waals surface area contributed by atoms with Crippen LogP contribution in [0.5, 0.6) is 5.75 Å². The molecule has 2 rings (SSSR count). The Bertz CT molecular complexity index is 807. The van der Waals surface area contributed by atoms with Crippen molar-refractivity contribution >= 4 is 23.6 Å². The van der Waals surface area contributed by atoms with Crippen LogP contribution in [0.4, 0.5) is 4.79 Å². The molecule has 1 heterocycles. The number of amides is 2. The van der Waals surface area contributed by atoms with Crippen LogP contribution < -0.4 is 15.4 Å². The number of ether oxygens (including phenoxy) is 2. The molecule has 6 nitrogen and oxygen atoms in total. The molecule has 1 aliphatic heterocycles. The molecule has 0 saturated carbocycles. The first-order valence-corrected chi connectivity index (χ1v) is 12.2. The summed E-state index contributed by atoms with van der Waals surface area (Å²) in [6.45, 7) is 8.32. The summed E-state index contributed by atoms with van der Waals surface area (Å²) in [6.07, 6.45) is 8.77. The highest BCUT2D eigenvalue weighted by atomic mass is 35.5. The number of halogens is 1. The van der Waals surface area contributed by atoms with Crippen LogP contribution >= 0.6 is 11.6 Å². The molecule has 1 atom stereocenters. The molecular weight excluding hydrogens is 428 g/mol. The number of carbonyl (C=O) groups is 2. The molecule has 1 aliphatic rings. The number of rotatable bonds is 13. The summed E-state index contributed by atoms with van der Waals surface area (Å²) in [5.74, 6) is 0.209. The zero-order valence-electron chi connectivity index (χ0n) is 19.8. The maximum absolute atomic E-state index is 12.8. The fourth-order valence-electron chi connectivity index (χ4n) is 3.73. The Morgan fingerprint density at radius 3 is 2.41 bits per heavy atom. The number of nitrogens with one attached hydrogen (secondary N) is 2. The second kappa shape index (κ2) is 13.4. The molecule has 0 saturated heterocycles. The van der Waals surface area contributed by atoms with Crippen molar-refractivity contribution in [1.29, 1.82) is 0 Å². The zero-order chi connectivity index (χ0) is 23.5. The van der Waals surface area contributed by atoms with Crippen molar-refractivity contribution in [1.82, 2.24) is 10.6 Å². The van der Waals surface area contributed by atoms with Crippen molar-refractivity contribution in [2.45, 2.75) is 91.2 Å². The third kappa shape index (κ3) is 7.73. The van der Waals surface area contributed by atoms with Crippen LogP contribution in [0.2, 0.25) is 5.02 Å². The summed E-state index contributed by atoms with van der Waals surface area (Å²) >= 11 is 6.56. The molecule has 0 fully saturated rings. The van der Waals surface area contributed by atoms with Crippen molar-refractivity contribution in [2.24, 2.45) is 0 Å². The number of benzene rings is 1. The maximum Gasteiger partial charge on any atom is 0.338 e. The predicted octanol–water partition coefficient (Wildman–Crippen LogP) is 6.44. The maximum atomic E-state index is 12.8. The summed E-state index contributed by atoms with van der Waals surface area (Å²) in [5.41, 5.74) is 1.55. The van der Waals surface area contributed by atoms with Crippen LogP contribution in [0, 0.1) is 0 Å². The normalized spacial score (nSPS) is 16.1. The van der Waals surface area contributed by atoms with E-state index in [-0.39, 0.29) is 12.1 Å². The van der Waals surface area contributed by atoms with E-state index in [2.05, 4.69) is 17.6 Å². The molecule has 2 N–H and O–H groups in total. The highest BCUT2D eigenvalue weighted by Gasteiger charge is 2.34. The fourth-order valence-corrected chi connectivity index (χ4v) is 4.01. The standard InChI is InChI=1S/C25H37ClN2O4/c1-5-7-8-9-10-11-12-15-31-18-13-14-19(20(26)16-18)23-22(24(29)32-17(3)4)21(6-2)27-25(30)28-23/h13-14,16-17,23H,5-12,15H2,1-4H3,(H2,27,28,30). The second-order valence-electron chi connectivity index (χ2n) is 8.38. The minimum absolute atomic E-state index is 0.274. The minimum atomic E-state index is -0.686. The van der Waals surface area contributed by atoms with Gasteiger partial charge >= 0.3 is 12.0 Å². The Kier molecular flexibility index (Phi) is 10.9. The summed E-state index contributed by atoms with van der Waals surface area (Å²) in [5, 5.41) is 5.96. The topological polar surface area (TPSA) is 76.7 Å². The number of urea groups is 1. The average molecular weight is 465 g/mol. The van der Waals surface area contributed by atoms with E-state index in [1.165, 1.54) is 32.1 Å². The molecule has 0 radical (unpaired) electrons. The fraction of sp³-hybridized carbons (Fsp3) is 0.600. The van der Waals surface area contributed by atoms with E-state index < -0.39 is 12.0 Å². The van der Waals surface area contributed by atoms with Crippen LogP contribution in [0.1, 0.15) is 90.7 Å². The number of esters is 1. The van der Waals surface area contributed by atoms with Crippen molar-refractivity contribution in [2.75, 3.05) is 6.61 Å². The summed E-state index contributed by atoms with van der Waals surface area (Å²) < 4.78 is 11.3. The van der Waals surface area contributed by atoms with E-state index in [0.717, 1.165) is 12.8 Å². The molecule has 0 aliphatic carbocycles. The van der Waals surface area contributed by atoms with Crippen LogP contribution in [0.3, 0.4) is 0 Å². The first-order valence-electron chi connectivity index (χ1n) is 11.8. The lowest BCUT2D eigenvalue weighted by molar-refractivity contribution is -0.143. The van der Waals surface area contributed by atoms with Crippen molar-refractivity contribution in [3.8, 4) is 5.75 Å². The number of unbranched alkanes of at least 4 members (excludes halogenated alkanes) is 6. The Labute approximate surface area is 197 Å². The molecule has 2 amide bonds. The first-order chi connectivity index (χ1) is 15.4. The zero-order valence-corrected chi connectivity index (χ0v) is 20.5. The number of allylic oxidation sites excluding steroid dienone is 1. The lowest BCUT2D eigenvalue weighted by Gasteiger charge is -2.30. The smallest absolute Gasteiger partial charge is 0.338 e. The molecule has 0 bridgehead atoms. The van der Waals surface area contributed by atoms with Gasteiger partial charge in [0.2, 0.25) is 0 Å². The second-order valence-corrected chi connectivity index (χ2v) is 8.79. The van der Waals surface area contributed by atoms with Gasteiger partial charge < -0.3 is 20.1 Å². The van der Waals surface area contributed by atoms with Gasteiger partial charge in [0.25, 0.3) is 0 Å². The van der Waals surface area contributed by atoms with Crippen molar-refractivity contribution in [3.05, 3.63) is 40.1 Å². The Balaban J connectivity index is 2.06. The highest BCUT2D eigenvalue weighted by Crippen LogP contribution is 2.35. The van der Waals surface area contributed by atoms with E-state index in [1.54, 1.807) is 26.0 Å². The van der Waals surface area contributed by atoms with E-state index in [0.29, 0.717) is 40.6 Å². The lowest BCUT2D eigenvalue weighted by Crippen LogP contribution is -2.46. The van der Waals surface area contributed by atoms with Gasteiger partial charge in [-0.15, -0.1) is 0 Å². The Morgan fingerprint density at radius 2 is 1.78 bits per heavy atom. The quantitative estimate of drug-likeness (QED) is 0.260. The average Bonchev–Trinajstić information content (AvgIpc) is 2.74. The van der Waals surface area contributed by atoms with Crippen LogP contribution in [0.15, 0.2) is 29.5 Å². The van der Waals surface area contributed by atoms with Gasteiger partial charge in [0.15, 0.2) is 0 Å². The third-order valence-electron chi connectivity index (χ3n) is 5.37. The summed E-state index contributed by atoms with van der Waals surface area (Å²) in [6, 6.07) is 4.31. The molecule has 32 heavy (non-hydrogen) atoms. The molecule has 1 unspecified atom stereocenters. The van der Waals surface area contributed by atoms with Crippen LogP contribution in [0.25, 0.3) is 0 Å². The molecule has 1 aromatic rings. The molecule has 0 aromatic heterocycles. The predicted molar refractivity (Wildman–Crippen MR) is 128 cm³/mol. The van der Waals surface area contributed by atoms with Crippen molar-refractivity contribution < 1.29 is 19.1 Å². The minimum Gasteiger partial charge on any atom is -0.494 e. The van der Waals surface area contributed by atoms with Gasteiger partial charge in [0.05, 0.1) is 24.3 Å². The molecule has 0 spiro atoms. The van der Waals surface area contributed by atoms with E-state index in [9.17, 15) is 9.59 Å². The monoisotopic (exact) mass is 464 g/mol. The Morgan fingerprint density at radius 1 is 1.09 bits per heavy atom. The van der Waals surface area contributed by atoms with Gasteiger partial charge in [0.1, 0.15) is 5.75 Å². The SMILES string of the molecule is CCCCCCCCCOc1ccc(C2NC(=O)NC(CC)=C2C(=O)OC(C)C)c(Cl)c1. The van der Waals surface area contributed by atoms with Crippen LogP contribution in [-0.2, 0) is 9.53 Å². The third-order valence-corrected chi connectivity index (χ3v) is 5.70. The summed E-state index contributed by atoms with van der Waals surface area (Å²) in [4.78, 5) is 25.0. The number of carbonyl (C=O) groups excluding carboxylic acids is 2. The first kappa shape index (κ1) is 26.0. The molecule has 178 valence electrons. The lowest BCUT2D eigenvalue weighted by atomic mass is 9.94. The largest absolute Gasteiger partial charge is 0.494 e. The van der Waals surface area contributed by atoms with Gasteiger partial charge in [-0.05, 0) is 44.4 Å². The van der Waals surface area contributed by atoms with Gasteiger partial charge in [0, 0.05) is 10.7 Å². The van der Waals surface area contributed by atoms with Crippen molar-refractivity contribution in [3.63, 3.8) is 0 Å². The number of hydrogen-bond donors (Lipinski definition) is 2. The molecule has 1 aromatic carbocycles. The van der Waals surface area contributed by atoms with Crippen LogP contribution in [-0.4, -0.2) is 24.7 Å². The van der Waals surface area contributed by atoms with Gasteiger partial charge in [-0.25, -0.2) is 9.59 Å². The van der Waals surface area contributed by atoms with E-state index in [1.807, 2.05) is 13.0 Å². The Hall–Kier alpha value is -2.21. The number of hydrogen-bond acceptors (Lipinski definition) is 4. The van der Waals surface area contributed by atoms with Gasteiger partial charge in [-0.2, -0.15) is 0 Å². The van der Waals surface area contributed by atoms with E-state index >= 15 is 0 Å². The van der Waals surface area contributed by atoms with Gasteiger partial charge in [-0.3, -0.25) is 0 Å². The summed E-state index contributed by atoms with van der Waals surface area (Å²) in [7, 11) is 0. The van der Waals surface area contributed by atoms with Gasteiger partial charge in [-0.1, -0.05) is 70.0 Å². The molecule has 7 heteroatoms. The molecular formula is C25H37ClN2O4.